The summed E-state index contributed by atoms with van der Waals surface area (Å²) in [4.78, 5) is 26.4. The van der Waals surface area contributed by atoms with Gasteiger partial charge in [0.2, 0.25) is 11.8 Å². The van der Waals surface area contributed by atoms with Gasteiger partial charge in [-0.3, -0.25) is 9.59 Å². The average Bonchev–Trinajstić information content (AvgIpc) is 3.00. The number of benzene rings is 2. The number of hydrogen-bond donors (Lipinski definition) is 1. The first-order valence-electron chi connectivity index (χ1n) is 8.47. The normalized spacial score (nSPS) is 16.8. The molecule has 25 heavy (non-hydrogen) atoms. The summed E-state index contributed by atoms with van der Waals surface area (Å²) >= 11 is 0. The van der Waals surface area contributed by atoms with Crippen molar-refractivity contribution in [2.24, 2.45) is 5.92 Å². The lowest BCUT2D eigenvalue weighted by atomic mass is 10.1. The molecule has 5 nitrogen and oxygen atoms in total. The molecule has 1 N–H and O–H groups in total. The Labute approximate surface area is 147 Å². The SMILES string of the molecule is CCOc1ccc(NC(=O)[C@H]2CC(=O)N(c3ccc(C)cc3)C2)cc1. The van der Waals surface area contributed by atoms with Gasteiger partial charge in [-0.1, -0.05) is 17.7 Å². The monoisotopic (exact) mass is 338 g/mol. The van der Waals surface area contributed by atoms with Crippen molar-refractivity contribution < 1.29 is 14.3 Å². The van der Waals surface area contributed by atoms with Crippen molar-refractivity contribution in [2.75, 3.05) is 23.4 Å². The van der Waals surface area contributed by atoms with Crippen molar-refractivity contribution in [2.45, 2.75) is 20.3 Å². The Balaban J connectivity index is 1.63. The minimum atomic E-state index is -0.347. The second-order valence-corrected chi connectivity index (χ2v) is 6.19. The van der Waals surface area contributed by atoms with Gasteiger partial charge in [0, 0.05) is 24.3 Å². The summed E-state index contributed by atoms with van der Waals surface area (Å²) in [7, 11) is 0. The van der Waals surface area contributed by atoms with Crippen molar-refractivity contribution in [3.63, 3.8) is 0 Å². The van der Waals surface area contributed by atoms with Gasteiger partial charge in [0.15, 0.2) is 0 Å². The highest BCUT2D eigenvalue weighted by molar-refractivity contribution is 6.03. The van der Waals surface area contributed by atoms with E-state index in [9.17, 15) is 9.59 Å². The minimum absolute atomic E-state index is 0.0179. The molecule has 0 aliphatic carbocycles. The average molecular weight is 338 g/mol. The Morgan fingerprint density at radius 3 is 2.48 bits per heavy atom. The molecule has 0 unspecified atom stereocenters. The van der Waals surface area contributed by atoms with E-state index in [-0.39, 0.29) is 24.2 Å². The van der Waals surface area contributed by atoms with Gasteiger partial charge in [-0.25, -0.2) is 0 Å². The second kappa shape index (κ2) is 7.38. The summed E-state index contributed by atoms with van der Waals surface area (Å²) in [6.45, 7) is 4.94. The lowest BCUT2D eigenvalue weighted by molar-refractivity contribution is -0.122. The molecule has 1 atom stereocenters. The summed E-state index contributed by atoms with van der Waals surface area (Å²) < 4.78 is 5.39. The van der Waals surface area contributed by atoms with E-state index >= 15 is 0 Å². The van der Waals surface area contributed by atoms with Gasteiger partial charge in [-0.15, -0.1) is 0 Å². The second-order valence-electron chi connectivity index (χ2n) is 6.19. The maximum atomic E-state index is 12.5. The van der Waals surface area contributed by atoms with Crippen LogP contribution < -0.4 is 15.0 Å². The highest BCUT2D eigenvalue weighted by Crippen LogP contribution is 2.26. The van der Waals surface area contributed by atoms with Crippen LogP contribution in [0.4, 0.5) is 11.4 Å². The van der Waals surface area contributed by atoms with Gasteiger partial charge < -0.3 is 15.0 Å². The number of aryl methyl sites for hydroxylation is 1. The largest absolute Gasteiger partial charge is 0.494 e. The van der Waals surface area contributed by atoms with E-state index in [0.717, 1.165) is 17.0 Å². The third-order valence-electron chi connectivity index (χ3n) is 4.27. The van der Waals surface area contributed by atoms with Gasteiger partial charge in [0.05, 0.1) is 12.5 Å². The van der Waals surface area contributed by atoms with Gasteiger partial charge >= 0.3 is 0 Å². The maximum absolute atomic E-state index is 12.5. The number of rotatable bonds is 5. The molecule has 2 aromatic carbocycles. The molecule has 0 aromatic heterocycles. The standard InChI is InChI=1S/C20H22N2O3/c1-3-25-18-10-6-16(7-11-18)21-20(24)15-12-19(23)22(13-15)17-8-4-14(2)5-9-17/h4-11,15H,3,12-13H2,1-2H3,(H,21,24)/t15-/m0/s1. The number of carbonyl (C=O) groups is 2. The molecule has 1 fully saturated rings. The third-order valence-corrected chi connectivity index (χ3v) is 4.27. The van der Waals surface area contributed by atoms with Crippen LogP contribution in [0.3, 0.4) is 0 Å². The van der Waals surface area contributed by atoms with E-state index < -0.39 is 0 Å². The molecule has 2 aromatic rings. The van der Waals surface area contributed by atoms with Crippen LogP contribution in [-0.4, -0.2) is 25.0 Å². The Morgan fingerprint density at radius 1 is 1.16 bits per heavy atom. The molecule has 1 aliphatic heterocycles. The van der Waals surface area contributed by atoms with Crippen LogP contribution >= 0.6 is 0 Å². The Hall–Kier alpha value is -2.82. The fourth-order valence-electron chi connectivity index (χ4n) is 2.90. The van der Waals surface area contributed by atoms with Crippen molar-refractivity contribution in [3.8, 4) is 5.75 Å². The highest BCUT2D eigenvalue weighted by atomic mass is 16.5. The number of amides is 2. The van der Waals surface area contributed by atoms with Crippen LogP contribution in [0.25, 0.3) is 0 Å². The van der Waals surface area contributed by atoms with Crippen LogP contribution in [-0.2, 0) is 9.59 Å². The lowest BCUT2D eigenvalue weighted by Gasteiger charge is -2.17. The van der Waals surface area contributed by atoms with Gasteiger partial charge in [-0.2, -0.15) is 0 Å². The van der Waals surface area contributed by atoms with Crippen LogP contribution in [0.15, 0.2) is 48.5 Å². The van der Waals surface area contributed by atoms with Crippen LogP contribution in [0, 0.1) is 12.8 Å². The van der Waals surface area contributed by atoms with Crippen LogP contribution in [0.2, 0.25) is 0 Å². The van der Waals surface area contributed by atoms with E-state index in [2.05, 4.69) is 5.32 Å². The molecule has 0 radical (unpaired) electrons. The molecule has 1 saturated heterocycles. The van der Waals surface area contributed by atoms with E-state index in [1.165, 1.54) is 0 Å². The van der Waals surface area contributed by atoms with Crippen molar-refractivity contribution >= 4 is 23.2 Å². The van der Waals surface area contributed by atoms with E-state index in [0.29, 0.717) is 18.8 Å². The zero-order valence-electron chi connectivity index (χ0n) is 14.5. The number of carbonyl (C=O) groups excluding carboxylic acids is 2. The first-order chi connectivity index (χ1) is 12.1. The minimum Gasteiger partial charge on any atom is -0.494 e. The molecular formula is C20H22N2O3. The van der Waals surface area contributed by atoms with E-state index in [4.69, 9.17) is 4.74 Å². The van der Waals surface area contributed by atoms with E-state index in [1.807, 2.05) is 50.2 Å². The topological polar surface area (TPSA) is 58.6 Å². The van der Waals surface area contributed by atoms with E-state index in [1.54, 1.807) is 17.0 Å². The molecular weight excluding hydrogens is 316 g/mol. The molecule has 1 heterocycles. The Kier molecular flexibility index (Phi) is 5.03. The van der Waals surface area contributed by atoms with Gasteiger partial charge in [0.25, 0.3) is 0 Å². The van der Waals surface area contributed by atoms with Crippen molar-refractivity contribution in [3.05, 3.63) is 54.1 Å². The summed E-state index contributed by atoms with van der Waals surface area (Å²) in [5.74, 6) is 0.269. The Morgan fingerprint density at radius 2 is 1.84 bits per heavy atom. The lowest BCUT2D eigenvalue weighted by Crippen LogP contribution is -2.28. The molecule has 5 heteroatoms. The summed E-state index contributed by atoms with van der Waals surface area (Å²) in [6.07, 6.45) is 0.233. The molecule has 130 valence electrons. The van der Waals surface area contributed by atoms with Crippen LogP contribution in [0.5, 0.6) is 5.75 Å². The predicted octanol–water partition coefficient (Wildman–Crippen LogP) is 3.39. The predicted molar refractivity (Wildman–Crippen MR) is 97.9 cm³/mol. The summed E-state index contributed by atoms with van der Waals surface area (Å²) in [5.41, 5.74) is 2.68. The first-order valence-corrected chi connectivity index (χ1v) is 8.47. The van der Waals surface area contributed by atoms with Gasteiger partial charge in [0.1, 0.15) is 5.75 Å². The third kappa shape index (κ3) is 3.99. The molecule has 3 rings (SSSR count). The number of hydrogen-bond acceptors (Lipinski definition) is 3. The van der Waals surface area contributed by atoms with Crippen molar-refractivity contribution in [1.82, 2.24) is 0 Å². The number of anilines is 2. The molecule has 0 bridgehead atoms. The molecule has 1 aliphatic rings. The number of nitrogens with one attached hydrogen (secondary N) is 1. The fourth-order valence-corrected chi connectivity index (χ4v) is 2.90. The maximum Gasteiger partial charge on any atom is 0.229 e. The van der Waals surface area contributed by atoms with Gasteiger partial charge in [-0.05, 0) is 50.2 Å². The summed E-state index contributed by atoms with van der Waals surface area (Å²) in [5, 5.41) is 2.88. The highest BCUT2D eigenvalue weighted by Gasteiger charge is 2.35. The van der Waals surface area contributed by atoms with Crippen molar-refractivity contribution in [1.29, 1.82) is 0 Å². The zero-order chi connectivity index (χ0) is 17.8. The number of nitrogens with zero attached hydrogens (tertiary/aromatic N) is 1. The molecule has 0 spiro atoms. The first kappa shape index (κ1) is 17.0. The zero-order valence-corrected chi connectivity index (χ0v) is 14.5. The summed E-state index contributed by atoms with van der Waals surface area (Å²) in [6, 6.07) is 15.0. The smallest absolute Gasteiger partial charge is 0.229 e. The fraction of sp³-hybridized carbons (Fsp3) is 0.300. The Bertz CT molecular complexity index is 754. The molecule has 0 saturated carbocycles. The van der Waals surface area contributed by atoms with Crippen LogP contribution in [0.1, 0.15) is 18.9 Å². The number of ether oxygens (including phenoxy) is 1. The quantitative estimate of drug-likeness (QED) is 0.909. The molecule has 2 amide bonds.